The molecule has 0 bridgehead atoms. The summed E-state index contributed by atoms with van der Waals surface area (Å²) in [5.74, 6) is 0.538. The number of hydrogen-bond donors (Lipinski definition) is 2. The zero-order chi connectivity index (χ0) is 27.5. The first kappa shape index (κ1) is 29.5. The Balaban J connectivity index is 1.79. The first-order valence-corrected chi connectivity index (χ1v) is 14.5. The largest absolute Gasteiger partial charge is 0.497 e. The summed E-state index contributed by atoms with van der Waals surface area (Å²) >= 11 is 1.22. The number of aliphatic hydroxyl groups is 1. The number of aliphatic hydroxyl groups excluding tert-OH is 1. The summed E-state index contributed by atoms with van der Waals surface area (Å²) < 4.78 is 38.8. The Morgan fingerprint density at radius 2 is 1.55 bits per heavy atom. The summed E-state index contributed by atoms with van der Waals surface area (Å²) in [7, 11) is -2.43. The van der Waals surface area contributed by atoms with E-state index in [9.17, 15) is 18.3 Å². The second kappa shape index (κ2) is 14.2. The van der Waals surface area contributed by atoms with E-state index in [1.165, 1.54) is 35.3 Å². The molecule has 0 heterocycles. The van der Waals surface area contributed by atoms with Gasteiger partial charge in [0, 0.05) is 18.0 Å². The van der Waals surface area contributed by atoms with E-state index >= 15 is 0 Å². The topological polar surface area (TPSA) is 105 Å². The number of nitrogens with zero attached hydrogens (tertiary/aromatic N) is 1. The summed E-state index contributed by atoms with van der Waals surface area (Å²) in [4.78, 5) is 13.6. The molecule has 0 fully saturated rings. The number of methoxy groups -OCH3 is 1. The van der Waals surface area contributed by atoms with Crippen molar-refractivity contribution in [3.8, 4) is 5.75 Å². The molecule has 1 amide bonds. The van der Waals surface area contributed by atoms with Crippen molar-refractivity contribution in [1.82, 2.24) is 9.62 Å². The minimum atomic E-state index is -3.93. The van der Waals surface area contributed by atoms with Crippen molar-refractivity contribution in [2.75, 3.05) is 20.2 Å². The summed E-state index contributed by atoms with van der Waals surface area (Å²) in [6.45, 7) is 3.83. The highest BCUT2D eigenvalue weighted by Crippen LogP contribution is 2.26. The smallest absolute Gasteiger partial charge is 0.408 e. The molecule has 0 aliphatic heterocycles. The fourth-order valence-electron chi connectivity index (χ4n) is 3.61. The fraction of sp³-hybridized carbons (Fsp3) is 0.321. The van der Waals surface area contributed by atoms with Gasteiger partial charge < -0.3 is 19.9 Å². The van der Waals surface area contributed by atoms with Gasteiger partial charge in [0.2, 0.25) is 10.0 Å². The van der Waals surface area contributed by atoms with E-state index in [1.807, 2.05) is 74.5 Å². The van der Waals surface area contributed by atoms with Crippen molar-refractivity contribution in [3.05, 3.63) is 90.5 Å². The molecule has 0 aromatic heterocycles. The second-order valence-corrected chi connectivity index (χ2v) is 12.2. The van der Waals surface area contributed by atoms with E-state index < -0.39 is 27.6 Å². The Hall–Kier alpha value is -3.05. The summed E-state index contributed by atoms with van der Waals surface area (Å²) in [6.07, 6.45) is -1.95. The first-order chi connectivity index (χ1) is 18.2. The molecule has 0 saturated carbocycles. The normalized spacial score (nSPS) is 13.2. The van der Waals surface area contributed by atoms with Crippen molar-refractivity contribution in [2.45, 2.75) is 41.7 Å². The van der Waals surface area contributed by atoms with E-state index in [1.54, 1.807) is 12.1 Å². The first-order valence-electron chi connectivity index (χ1n) is 12.2. The van der Waals surface area contributed by atoms with Crippen LogP contribution in [0.15, 0.2) is 94.7 Å². The van der Waals surface area contributed by atoms with Crippen molar-refractivity contribution < 1.29 is 27.8 Å². The van der Waals surface area contributed by atoms with Crippen molar-refractivity contribution in [1.29, 1.82) is 0 Å². The molecule has 0 saturated heterocycles. The molecule has 2 N–H and O–H groups in total. The van der Waals surface area contributed by atoms with E-state index in [0.29, 0.717) is 5.75 Å². The van der Waals surface area contributed by atoms with Gasteiger partial charge in [-0.25, -0.2) is 13.2 Å². The maximum atomic E-state index is 13.5. The van der Waals surface area contributed by atoms with Crippen LogP contribution in [0.4, 0.5) is 4.79 Å². The van der Waals surface area contributed by atoms with Crippen LogP contribution in [0.5, 0.6) is 5.75 Å². The van der Waals surface area contributed by atoms with Crippen molar-refractivity contribution >= 4 is 27.9 Å². The SMILES string of the molecule is COc1ccc(S(=O)(=O)N(CC(C)C)C[C@@H](O)[C@@H](NC(=O)OCc2ccccc2)Sc2ccccc2)cc1. The molecule has 38 heavy (non-hydrogen) atoms. The molecule has 0 aliphatic rings. The third-order valence-electron chi connectivity index (χ3n) is 5.49. The number of carbonyl (C=O) groups excluding carboxylic acids is 1. The van der Waals surface area contributed by atoms with Gasteiger partial charge in [0.25, 0.3) is 0 Å². The highest BCUT2D eigenvalue weighted by atomic mass is 32.2. The molecule has 2 atom stereocenters. The molecule has 204 valence electrons. The van der Waals surface area contributed by atoms with Crippen LogP contribution in [0, 0.1) is 5.92 Å². The van der Waals surface area contributed by atoms with Crippen LogP contribution in [0.3, 0.4) is 0 Å². The number of benzene rings is 3. The maximum absolute atomic E-state index is 13.5. The predicted octanol–water partition coefficient (Wildman–Crippen LogP) is 4.75. The molecule has 3 aromatic carbocycles. The molecule has 8 nitrogen and oxygen atoms in total. The van der Waals surface area contributed by atoms with Gasteiger partial charge in [-0.2, -0.15) is 4.31 Å². The molecule has 0 spiro atoms. The van der Waals surface area contributed by atoms with Crippen molar-refractivity contribution in [2.24, 2.45) is 5.92 Å². The van der Waals surface area contributed by atoms with Crippen LogP contribution in [-0.4, -0.2) is 55.6 Å². The lowest BCUT2D eigenvalue weighted by Crippen LogP contribution is -2.48. The Bertz CT molecular complexity index is 1240. The number of rotatable bonds is 13. The Labute approximate surface area is 229 Å². The number of amides is 1. The molecule has 3 aromatic rings. The third kappa shape index (κ3) is 8.76. The van der Waals surface area contributed by atoms with Gasteiger partial charge >= 0.3 is 6.09 Å². The Kier molecular flexibility index (Phi) is 11.0. The quantitative estimate of drug-likeness (QED) is 0.230. The van der Waals surface area contributed by atoms with E-state index in [-0.39, 0.29) is 30.5 Å². The van der Waals surface area contributed by atoms with Gasteiger partial charge in [-0.15, -0.1) is 0 Å². The molecule has 0 unspecified atom stereocenters. The van der Waals surface area contributed by atoms with Gasteiger partial charge in [0.15, 0.2) is 0 Å². The van der Waals surface area contributed by atoms with Crippen LogP contribution in [0.2, 0.25) is 0 Å². The van der Waals surface area contributed by atoms with Gasteiger partial charge in [-0.1, -0.05) is 74.1 Å². The average molecular weight is 559 g/mol. The number of thioether (sulfide) groups is 1. The van der Waals surface area contributed by atoms with Crippen LogP contribution in [0.1, 0.15) is 19.4 Å². The summed E-state index contributed by atoms with van der Waals surface area (Å²) in [5.41, 5.74) is 0.823. The number of nitrogens with one attached hydrogen (secondary N) is 1. The van der Waals surface area contributed by atoms with Gasteiger partial charge in [-0.3, -0.25) is 0 Å². The third-order valence-corrected chi connectivity index (χ3v) is 8.56. The van der Waals surface area contributed by atoms with E-state index in [0.717, 1.165) is 10.5 Å². The van der Waals surface area contributed by atoms with Crippen LogP contribution < -0.4 is 10.1 Å². The fourth-order valence-corrected chi connectivity index (χ4v) is 6.24. The van der Waals surface area contributed by atoms with Gasteiger partial charge in [0.1, 0.15) is 17.7 Å². The minimum Gasteiger partial charge on any atom is -0.497 e. The lowest BCUT2D eigenvalue weighted by molar-refractivity contribution is 0.109. The molecule has 0 radical (unpaired) electrons. The number of sulfonamides is 1. The molecule has 3 rings (SSSR count). The maximum Gasteiger partial charge on any atom is 0.408 e. The number of hydrogen-bond acceptors (Lipinski definition) is 7. The predicted molar refractivity (Wildman–Crippen MR) is 148 cm³/mol. The van der Waals surface area contributed by atoms with Crippen molar-refractivity contribution in [3.63, 3.8) is 0 Å². The molecular weight excluding hydrogens is 524 g/mol. The standard InChI is InChI=1S/C28H34N2O6S2/c1-21(2)18-30(38(33,34)25-16-14-23(35-3)15-17-25)19-26(31)27(37-24-12-8-5-9-13-24)29-28(32)36-20-22-10-6-4-7-11-22/h4-17,21,26-27,31H,18-20H2,1-3H3,(H,29,32)/t26-,27+/m1/s1. The highest BCUT2D eigenvalue weighted by Gasteiger charge is 2.32. The number of alkyl carbamates (subject to hydrolysis) is 1. The van der Waals surface area contributed by atoms with Crippen LogP contribution >= 0.6 is 11.8 Å². The lowest BCUT2D eigenvalue weighted by Gasteiger charge is -2.30. The molecule has 0 aliphatic carbocycles. The Morgan fingerprint density at radius 3 is 2.13 bits per heavy atom. The molecular formula is C28H34N2O6S2. The number of carbonyl (C=O) groups is 1. The van der Waals surface area contributed by atoms with Gasteiger partial charge in [-0.05, 0) is 47.9 Å². The zero-order valence-corrected chi connectivity index (χ0v) is 23.3. The highest BCUT2D eigenvalue weighted by molar-refractivity contribution is 8.00. The summed E-state index contributed by atoms with van der Waals surface area (Å²) in [5, 5.41) is 13.1. The lowest BCUT2D eigenvalue weighted by atomic mass is 10.2. The van der Waals surface area contributed by atoms with Crippen LogP contribution in [-0.2, 0) is 21.4 Å². The second-order valence-electron chi connectivity index (χ2n) is 9.02. The zero-order valence-electron chi connectivity index (χ0n) is 21.7. The average Bonchev–Trinajstić information content (AvgIpc) is 2.92. The molecule has 10 heteroatoms. The monoisotopic (exact) mass is 558 g/mol. The summed E-state index contributed by atoms with van der Waals surface area (Å²) in [6, 6.07) is 24.6. The van der Waals surface area contributed by atoms with E-state index in [2.05, 4.69) is 5.32 Å². The van der Waals surface area contributed by atoms with E-state index in [4.69, 9.17) is 9.47 Å². The minimum absolute atomic E-state index is 0.000698. The van der Waals surface area contributed by atoms with Crippen LogP contribution in [0.25, 0.3) is 0 Å². The number of ether oxygens (including phenoxy) is 2. The van der Waals surface area contributed by atoms with Gasteiger partial charge in [0.05, 0.1) is 18.1 Å². The Morgan fingerprint density at radius 1 is 0.947 bits per heavy atom.